The molecule has 0 atom stereocenters. The second-order valence-corrected chi connectivity index (χ2v) is 9.15. The fourth-order valence-electron chi connectivity index (χ4n) is 5.37. The molecule has 1 nitrogen and oxygen atoms in total. The van der Waals surface area contributed by atoms with E-state index in [0.29, 0.717) is 5.75 Å². The van der Waals surface area contributed by atoms with Gasteiger partial charge >= 0.3 is 0 Å². The van der Waals surface area contributed by atoms with E-state index in [1.165, 1.54) is 32.3 Å². The molecule has 7 aromatic rings. The second-order valence-electron chi connectivity index (χ2n) is 9.15. The average molecular weight is 447 g/mol. The Labute approximate surface area is 203 Å². The number of fused-ring (bicyclic) bond motifs is 5. The number of benzene rings is 7. The van der Waals surface area contributed by atoms with E-state index in [1.54, 1.807) is 0 Å². The zero-order valence-corrected chi connectivity index (χ0v) is 19.1. The van der Waals surface area contributed by atoms with Gasteiger partial charge in [0.2, 0.25) is 0 Å². The number of hydrogen-bond donors (Lipinski definition) is 1. The molecule has 0 aliphatic rings. The third kappa shape index (κ3) is 3.17. The first-order valence-corrected chi connectivity index (χ1v) is 11.9. The quantitative estimate of drug-likeness (QED) is 0.207. The van der Waals surface area contributed by atoms with Crippen LogP contribution in [0.25, 0.3) is 65.3 Å². The third-order valence-corrected chi connectivity index (χ3v) is 7.12. The molecule has 1 N–H and O–H groups in total. The lowest BCUT2D eigenvalue weighted by Gasteiger charge is -2.13. The van der Waals surface area contributed by atoms with Crippen LogP contribution < -0.4 is 0 Å². The summed E-state index contributed by atoms with van der Waals surface area (Å²) in [5, 5.41) is 20.8. The summed E-state index contributed by atoms with van der Waals surface area (Å²) in [7, 11) is 0. The monoisotopic (exact) mass is 446 g/mol. The van der Waals surface area contributed by atoms with Crippen LogP contribution in [0.15, 0.2) is 127 Å². The standard InChI is InChI=1S/C34H22O/c35-34-31(18-17-24-10-6-12-30(33(24)34)22-7-2-1-3-8-22)26-16-14-25-19-27-15-13-23-9-4-5-11-29(23)32(27)21-28(25)20-26/h1-21,35H. The molecule has 0 fully saturated rings. The van der Waals surface area contributed by atoms with Gasteiger partial charge in [0.25, 0.3) is 0 Å². The Kier molecular flexibility index (Phi) is 4.37. The highest BCUT2D eigenvalue weighted by atomic mass is 16.3. The summed E-state index contributed by atoms with van der Waals surface area (Å²) in [5.74, 6) is 0.326. The molecule has 0 spiro atoms. The minimum Gasteiger partial charge on any atom is -0.507 e. The van der Waals surface area contributed by atoms with E-state index in [-0.39, 0.29) is 0 Å². The van der Waals surface area contributed by atoms with Gasteiger partial charge in [-0.2, -0.15) is 0 Å². The number of hydrogen-bond acceptors (Lipinski definition) is 1. The Morgan fingerprint density at radius 2 is 1.11 bits per heavy atom. The average Bonchev–Trinajstić information content (AvgIpc) is 2.92. The van der Waals surface area contributed by atoms with Crippen molar-refractivity contribution in [2.75, 3.05) is 0 Å². The maximum atomic E-state index is 11.5. The van der Waals surface area contributed by atoms with Crippen LogP contribution in [0.1, 0.15) is 0 Å². The number of phenols is 1. The maximum Gasteiger partial charge on any atom is 0.131 e. The van der Waals surface area contributed by atoms with E-state index >= 15 is 0 Å². The van der Waals surface area contributed by atoms with E-state index in [9.17, 15) is 5.11 Å². The summed E-state index contributed by atoms with van der Waals surface area (Å²) in [5.41, 5.74) is 4.00. The topological polar surface area (TPSA) is 20.2 Å². The van der Waals surface area contributed by atoms with E-state index in [2.05, 4.69) is 103 Å². The van der Waals surface area contributed by atoms with Crippen LogP contribution in [0.3, 0.4) is 0 Å². The van der Waals surface area contributed by atoms with Crippen molar-refractivity contribution in [3.63, 3.8) is 0 Å². The van der Waals surface area contributed by atoms with Crippen molar-refractivity contribution < 1.29 is 5.11 Å². The van der Waals surface area contributed by atoms with Gasteiger partial charge in [-0.25, -0.2) is 0 Å². The van der Waals surface area contributed by atoms with Crippen LogP contribution in [0.5, 0.6) is 5.75 Å². The highest BCUT2D eigenvalue weighted by Gasteiger charge is 2.14. The molecule has 1 heteroatoms. The van der Waals surface area contributed by atoms with Gasteiger partial charge < -0.3 is 5.11 Å². The van der Waals surface area contributed by atoms with Gasteiger partial charge in [-0.15, -0.1) is 0 Å². The summed E-state index contributed by atoms with van der Waals surface area (Å²) in [4.78, 5) is 0. The smallest absolute Gasteiger partial charge is 0.131 e. The highest BCUT2D eigenvalue weighted by molar-refractivity contribution is 6.12. The molecule has 0 aliphatic carbocycles. The SMILES string of the molecule is Oc1c(-c2ccc3cc4ccc5ccccc5c4cc3c2)ccc2cccc(-c3ccccc3)c12. The van der Waals surface area contributed by atoms with E-state index < -0.39 is 0 Å². The van der Waals surface area contributed by atoms with Crippen LogP contribution in [-0.4, -0.2) is 5.11 Å². The van der Waals surface area contributed by atoms with Crippen molar-refractivity contribution in [3.05, 3.63) is 127 Å². The molecule has 0 bridgehead atoms. The fraction of sp³-hybridized carbons (Fsp3) is 0. The number of phenolic OH excluding ortho intramolecular Hbond substituents is 1. The van der Waals surface area contributed by atoms with Gasteiger partial charge in [-0.1, -0.05) is 109 Å². The molecule has 0 saturated carbocycles. The first-order chi connectivity index (χ1) is 17.3. The van der Waals surface area contributed by atoms with Crippen molar-refractivity contribution in [2.24, 2.45) is 0 Å². The summed E-state index contributed by atoms with van der Waals surface area (Å²) in [6.07, 6.45) is 0. The number of rotatable bonds is 2. The Bertz CT molecular complexity index is 1900. The third-order valence-electron chi connectivity index (χ3n) is 7.12. The van der Waals surface area contributed by atoms with E-state index in [1.807, 2.05) is 24.3 Å². The van der Waals surface area contributed by atoms with E-state index in [0.717, 1.165) is 33.0 Å². The van der Waals surface area contributed by atoms with Crippen LogP contribution >= 0.6 is 0 Å². The molecule has 0 saturated heterocycles. The second kappa shape index (κ2) is 7.72. The summed E-state index contributed by atoms with van der Waals surface area (Å²) < 4.78 is 0. The predicted octanol–water partition coefficient (Wildman–Crippen LogP) is 9.34. The fourth-order valence-corrected chi connectivity index (χ4v) is 5.37. The van der Waals surface area contributed by atoms with Crippen LogP contribution in [-0.2, 0) is 0 Å². The highest BCUT2D eigenvalue weighted by Crippen LogP contribution is 2.42. The van der Waals surface area contributed by atoms with Crippen LogP contribution in [0.4, 0.5) is 0 Å². The molecule has 0 radical (unpaired) electrons. The summed E-state index contributed by atoms with van der Waals surface area (Å²) in [6, 6.07) is 44.5. The predicted molar refractivity (Wildman–Crippen MR) is 149 cm³/mol. The lowest BCUT2D eigenvalue weighted by molar-refractivity contribution is 0.484. The first kappa shape index (κ1) is 19.8. The van der Waals surface area contributed by atoms with Gasteiger partial charge in [0.15, 0.2) is 0 Å². The molecule has 7 aromatic carbocycles. The summed E-state index contributed by atoms with van der Waals surface area (Å²) in [6.45, 7) is 0. The van der Waals surface area contributed by atoms with E-state index in [4.69, 9.17) is 0 Å². The van der Waals surface area contributed by atoms with Gasteiger partial charge in [-0.3, -0.25) is 0 Å². The molecule has 0 amide bonds. The molecular weight excluding hydrogens is 424 g/mol. The molecular formula is C34H22O. The van der Waals surface area contributed by atoms with Crippen molar-refractivity contribution >= 4 is 43.1 Å². The lowest BCUT2D eigenvalue weighted by Crippen LogP contribution is -1.86. The van der Waals surface area contributed by atoms with Crippen molar-refractivity contribution in [3.8, 4) is 28.0 Å². The first-order valence-electron chi connectivity index (χ1n) is 11.9. The van der Waals surface area contributed by atoms with Crippen LogP contribution in [0, 0.1) is 0 Å². The number of aromatic hydroxyl groups is 1. The maximum absolute atomic E-state index is 11.5. The molecule has 164 valence electrons. The Morgan fingerprint density at radius 3 is 2.03 bits per heavy atom. The summed E-state index contributed by atoms with van der Waals surface area (Å²) >= 11 is 0. The van der Waals surface area contributed by atoms with Crippen molar-refractivity contribution in [2.45, 2.75) is 0 Å². The molecule has 0 unspecified atom stereocenters. The van der Waals surface area contributed by atoms with Crippen LogP contribution in [0.2, 0.25) is 0 Å². The van der Waals surface area contributed by atoms with Gasteiger partial charge in [0, 0.05) is 10.9 Å². The molecule has 0 aromatic heterocycles. The normalized spacial score (nSPS) is 11.5. The molecule has 35 heavy (non-hydrogen) atoms. The zero-order chi connectivity index (χ0) is 23.4. The minimum atomic E-state index is 0.326. The molecule has 0 heterocycles. The Morgan fingerprint density at radius 1 is 0.371 bits per heavy atom. The largest absolute Gasteiger partial charge is 0.507 e. The minimum absolute atomic E-state index is 0.326. The Hall–Kier alpha value is -4.62. The van der Waals surface area contributed by atoms with Gasteiger partial charge in [-0.05, 0) is 72.6 Å². The zero-order valence-electron chi connectivity index (χ0n) is 19.1. The van der Waals surface area contributed by atoms with Crippen molar-refractivity contribution in [1.29, 1.82) is 0 Å². The van der Waals surface area contributed by atoms with Crippen molar-refractivity contribution in [1.82, 2.24) is 0 Å². The van der Waals surface area contributed by atoms with Gasteiger partial charge in [0.05, 0.1) is 0 Å². The Balaban J connectivity index is 1.46. The lowest BCUT2D eigenvalue weighted by atomic mass is 9.92. The molecule has 0 aliphatic heterocycles. The van der Waals surface area contributed by atoms with Gasteiger partial charge in [0.1, 0.15) is 5.75 Å². The molecule has 7 rings (SSSR count).